The number of ether oxygens (including phenoxy) is 1. The van der Waals surface area contributed by atoms with Gasteiger partial charge in [-0.25, -0.2) is 0 Å². The maximum atomic E-state index is 13.2. The van der Waals surface area contributed by atoms with E-state index >= 15 is 0 Å². The number of benzene rings is 2. The van der Waals surface area contributed by atoms with Crippen molar-refractivity contribution in [2.75, 3.05) is 13.2 Å². The minimum atomic E-state index is -0.578. The molecule has 0 saturated carbocycles. The molecule has 2 aromatic rings. The number of aliphatic hydroxyl groups is 1. The van der Waals surface area contributed by atoms with E-state index in [9.17, 15) is 19.5 Å². The third-order valence-corrected chi connectivity index (χ3v) is 6.92. The second kappa shape index (κ2) is 15.1. The molecule has 1 heterocycles. The number of amides is 2. The fourth-order valence-electron chi connectivity index (χ4n) is 4.53. The molecule has 0 radical (unpaired) electrons. The van der Waals surface area contributed by atoms with Crippen molar-refractivity contribution >= 4 is 17.8 Å². The molecule has 1 aliphatic heterocycles. The van der Waals surface area contributed by atoms with E-state index in [1.54, 1.807) is 0 Å². The first kappa shape index (κ1) is 29.1. The van der Waals surface area contributed by atoms with Crippen LogP contribution in [0, 0.1) is 17.8 Å². The summed E-state index contributed by atoms with van der Waals surface area (Å²) in [6.07, 6.45) is 5.72. The molecule has 0 aromatic heterocycles. The summed E-state index contributed by atoms with van der Waals surface area (Å²) in [6.45, 7) is 3.81. The Bertz CT molecular complexity index is 1050. The lowest BCUT2D eigenvalue weighted by Crippen LogP contribution is -2.47. The number of carbonyl (C=O) groups excluding carboxylic acids is 3. The van der Waals surface area contributed by atoms with Gasteiger partial charge in [0.2, 0.25) is 11.8 Å². The van der Waals surface area contributed by atoms with Gasteiger partial charge >= 0.3 is 5.97 Å². The number of esters is 1. The Labute approximate surface area is 225 Å². The monoisotopic (exact) mass is 520 g/mol. The third-order valence-electron chi connectivity index (χ3n) is 6.92. The second-order valence-electron chi connectivity index (χ2n) is 10.4. The van der Waals surface area contributed by atoms with Gasteiger partial charge in [0.05, 0.1) is 30.5 Å². The molecule has 7 heteroatoms. The van der Waals surface area contributed by atoms with Crippen molar-refractivity contribution in [3.8, 4) is 0 Å². The van der Waals surface area contributed by atoms with Gasteiger partial charge in [-0.15, -0.1) is 0 Å². The average molecular weight is 521 g/mol. The fourth-order valence-corrected chi connectivity index (χ4v) is 4.53. The van der Waals surface area contributed by atoms with Crippen molar-refractivity contribution in [1.82, 2.24) is 10.6 Å². The third kappa shape index (κ3) is 9.45. The molecule has 3 rings (SSSR count). The highest BCUT2D eigenvalue weighted by Gasteiger charge is 2.28. The number of cyclic esters (lactones) is 1. The van der Waals surface area contributed by atoms with E-state index in [-0.39, 0.29) is 55.3 Å². The van der Waals surface area contributed by atoms with Gasteiger partial charge in [-0.05, 0) is 42.7 Å². The van der Waals surface area contributed by atoms with Crippen molar-refractivity contribution in [2.45, 2.75) is 58.0 Å². The highest BCUT2D eigenvalue weighted by Crippen LogP contribution is 2.19. The van der Waals surface area contributed by atoms with Crippen LogP contribution in [0.3, 0.4) is 0 Å². The van der Waals surface area contributed by atoms with E-state index in [1.807, 2.05) is 86.7 Å². The van der Waals surface area contributed by atoms with Crippen LogP contribution in [0.1, 0.15) is 44.2 Å². The van der Waals surface area contributed by atoms with Crippen LogP contribution < -0.4 is 10.6 Å². The maximum Gasteiger partial charge on any atom is 0.309 e. The van der Waals surface area contributed by atoms with Crippen LogP contribution in [0.5, 0.6) is 0 Å². The smallest absolute Gasteiger partial charge is 0.309 e. The second-order valence-corrected chi connectivity index (χ2v) is 10.4. The zero-order chi connectivity index (χ0) is 27.3. The standard InChI is InChI=1S/C31H40N2O5/c1-22(2)28-21-38-31(37)26(17-23-11-5-3-6-12-23)16-10-9-15-25(30(36)33-28)19-29(35)32-27(20-34)18-24-13-7-4-8-14-24/h3-14,22,25-28,34H,15-21H2,1-2H3,(H,32,35)(H,33,36)/t25-,26+,27+,28-/m1/s1. The van der Waals surface area contributed by atoms with Gasteiger partial charge in [-0.3, -0.25) is 14.4 Å². The fraction of sp³-hybridized carbons (Fsp3) is 0.452. The van der Waals surface area contributed by atoms with Gasteiger partial charge in [0, 0.05) is 6.42 Å². The van der Waals surface area contributed by atoms with Crippen LogP contribution >= 0.6 is 0 Å². The molecular formula is C31H40N2O5. The summed E-state index contributed by atoms with van der Waals surface area (Å²) < 4.78 is 5.67. The van der Waals surface area contributed by atoms with Gasteiger partial charge in [0.15, 0.2) is 0 Å². The molecule has 2 aromatic carbocycles. The zero-order valence-corrected chi connectivity index (χ0v) is 22.3. The normalized spacial score (nSPS) is 21.5. The van der Waals surface area contributed by atoms with E-state index in [4.69, 9.17) is 4.74 Å². The Morgan fingerprint density at radius 1 is 0.974 bits per heavy atom. The van der Waals surface area contributed by atoms with Gasteiger partial charge < -0.3 is 20.5 Å². The largest absolute Gasteiger partial charge is 0.463 e. The first-order chi connectivity index (χ1) is 18.4. The molecule has 204 valence electrons. The average Bonchev–Trinajstić information content (AvgIpc) is 2.91. The number of rotatable bonds is 9. The molecule has 38 heavy (non-hydrogen) atoms. The summed E-state index contributed by atoms with van der Waals surface area (Å²) >= 11 is 0. The number of hydrogen-bond acceptors (Lipinski definition) is 5. The zero-order valence-electron chi connectivity index (χ0n) is 22.3. The van der Waals surface area contributed by atoms with E-state index in [1.165, 1.54) is 0 Å². The number of allylic oxidation sites excluding steroid dienone is 2. The molecule has 0 saturated heterocycles. The summed E-state index contributed by atoms with van der Waals surface area (Å²) in [5.74, 6) is -1.67. The summed E-state index contributed by atoms with van der Waals surface area (Å²) in [4.78, 5) is 39.0. The van der Waals surface area contributed by atoms with Crippen LogP contribution in [-0.2, 0) is 32.0 Å². The number of hydrogen-bond donors (Lipinski definition) is 3. The summed E-state index contributed by atoms with van der Waals surface area (Å²) in [6, 6.07) is 18.7. The van der Waals surface area contributed by atoms with Crippen molar-refractivity contribution in [3.63, 3.8) is 0 Å². The van der Waals surface area contributed by atoms with Crippen LogP contribution in [0.25, 0.3) is 0 Å². The number of aliphatic hydroxyl groups excluding tert-OH is 1. The van der Waals surface area contributed by atoms with Gasteiger partial charge in [-0.1, -0.05) is 86.7 Å². The number of carbonyl (C=O) groups is 3. The van der Waals surface area contributed by atoms with Crippen molar-refractivity contribution in [2.24, 2.45) is 17.8 Å². The minimum absolute atomic E-state index is 0.000486. The Balaban J connectivity index is 1.69. The Morgan fingerprint density at radius 3 is 2.18 bits per heavy atom. The summed E-state index contributed by atoms with van der Waals surface area (Å²) in [5.41, 5.74) is 2.07. The van der Waals surface area contributed by atoms with E-state index in [0.29, 0.717) is 25.7 Å². The van der Waals surface area contributed by atoms with Gasteiger partial charge in [-0.2, -0.15) is 0 Å². The minimum Gasteiger partial charge on any atom is -0.463 e. The van der Waals surface area contributed by atoms with Crippen molar-refractivity contribution in [3.05, 3.63) is 83.9 Å². The molecule has 0 bridgehead atoms. The Kier molecular flexibility index (Phi) is 11.6. The first-order valence-corrected chi connectivity index (χ1v) is 13.5. The predicted octanol–water partition coefficient (Wildman–Crippen LogP) is 3.61. The number of nitrogens with one attached hydrogen (secondary N) is 2. The lowest BCUT2D eigenvalue weighted by molar-refractivity contribution is -0.150. The van der Waals surface area contributed by atoms with Gasteiger partial charge in [0.25, 0.3) is 0 Å². The molecule has 7 nitrogen and oxygen atoms in total. The van der Waals surface area contributed by atoms with E-state index in [0.717, 1.165) is 11.1 Å². The molecule has 0 unspecified atom stereocenters. The van der Waals surface area contributed by atoms with Crippen LogP contribution in [-0.4, -0.2) is 48.2 Å². The molecule has 0 spiro atoms. The van der Waals surface area contributed by atoms with Crippen molar-refractivity contribution < 1.29 is 24.2 Å². The van der Waals surface area contributed by atoms with Crippen LogP contribution in [0.4, 0.5) is 0 Å². The van der Waals surface area contributed by atoms with E-state index in [2.05, 4.69) is 10.6 Å². The Hall–Kier alpha value is -3.45. The molecule has 0 fully saturated rings. The molecule has 1 aliphatic rings. The summed E-state index contributed by atoms with van der Waals surface area (Å²) in [7, 11) is 0. The topological polar surface area (TPSA) is 105 Å². The lowest BCUT2D eigenvalue weighted by Gasteiger charge is -2.26. The van der Waals surface area contributed by atoms with Gasteiger partial charge in [0.1, 0.15) is 6.61 Å². The lowest BCUT2D eigenvalue weighted by atomic mass is 9.93. The highest BCUT2D eigenvalue weighted by molar-refractivity contribution is 5.86. The van der Waals surface area contributed by atoms with E-state index < -0.39 is 12.0 Å². The molecule has 4 atom stereocenters. The molecule has 3 N–H and O–H groups in total. The predicted molar refractivity (Wildman–Crippen MR) is 147 cm³/mol. The summed E-state index contributed by atoms with van der Waals surface area (Å²) in [5, 5.41) is 15.7. The maximum absolute atomic E-state index is 13.2. The quantitative estimate of drug-likeness (QED) is 0.346. The first-order valence-electron chi connectivity index (χ1n) is 13.5. The molecule has 0 aliphatic carbocycles. The molecular weight excluding hydrogens is 480 g/mol. The highest BCUT2D eigenvalue weighted by atomic mass is 16.5. The van der Waals surface area contributed by atoms with Crippen LogP contribution in [0.2, 0.25) is 0 Å². The molecule has 2 amide bonds. The SMILES string of the molecule is CC(C)[C@H]1COC(=O)[C@H](Cc2ccccc2)CC=CC[C@H](CC(=O)N[C@H](CO)Cc2ccccc2)C(=O)N1. The Morgan fingerprint density at radius 2 is 1.58 bits per heavy atom. The van der Waals surface area contributed by atoms with Crippen molar-refractivity contribution in [1.29, 1.82) is 0 Å². The van der Waals surface area contributed by atoms with Crippen LogP contribution in [0.15, 0.2) is 72.8 Å².